The smallest absolute Gasteiger partial charge is 0.134 e. The highest BCUT2D eigenvalue weighted by molar-refractivity contribution is 6.31. The van der Waals surface area contributed by atoms with Gasteiger partial charge in [0, 0.05) is 10.4 Å². The molecule has 4 rings (SSSR count). The van der Waals surface area contributed by atoms with Gasteiger partial charge >= 0.3 is 0 Å². The van der Waals surface area contributed by atoms with Crippen molar-refractivity contribution < 1.29 is 4.42 Å². The van der Waals surface area contributed by atoms with Crippen LogP contribution in [0.25, 0.3) is 11.0 Å². The van der Waals surface area contributed by atoms with E-state index < -0.39 is 0 Å². The Labute approximate surface area is 128 Å². The second kappa shape index (κ2) is 4.90. The van der Waals surface area contributed by atoms with Crippen LogP contribution in [0.5, 0.6) is 0 Å². The lowest BCUT2D eigenvalue weighted by molar-refractivity contribution is 0.525. The van der Waals surface area contributed by atoms with E-state index in [0.29, 0.717) is 5.02 Å². The van der Waals surface area contributed by atoms with Crippen molar-refractivity contribution in [3.8, 4) is 0 Å². The molecule has 0 spiro atoms. The van der Waals surface area contributed by atoms with Crippen LogP contribution >= 0.6 is 11.6 Å². The number of halogens is 1. The molecule has 1 aliphatic rings. The molecule has 1 aromatic heterocycles. The lowest BCUT2D eigenvalue weighted by Gasteiger charge is -2.11. The van der Waals surface area contributed by atoms with Gasteiger partial charge in [-0.25, -0.2) is 0 Å². The fourth-order valence-electron chi connectivity index (χ4n) is 3.14. The normalized spacial score (nSPS) is 15.3. The summed E-state index contributed by atoms with van der Waals surface area (Å²) in [5, 5.41) is 1.70. The molecule has 1 unspecified atom stereocenters. The van der Waals surface area contributed by atoms with Gasteiger partial charge in [0.1, 0.15) is 11.3 Å². The number of hydrogen-bond acceptors (Lipinski definition) is 2. The first-order chi connectivity index (χ1) is 10.2. The number of nitrogens with two attached hydrogens (primary N) is 1. The zero-order valence-electron chi connectivity index (χ0n) is 11.6. The van der Waals surface area contributed by atoms with Crippen LogP contribution in [0, 0.1) is 0 Å². The number of rotatable bonds is 2. The minimum absolute atomic E-state index is 0.234. The SMILES string of the molecule is NC(c1ccc2c(c1)CCC2)c1cc2cc(Cl)ccc2o1. The summed E-state index contributed by atoms with van der Waals surface area (Å²) < 4.78 is 5.87. The quantitative estimate of drug-likeness (QED) is 0.749. The van der Waals surface area contributed by atoms with Crippen molar-refractivity contribution in [3.63, 3.8) is 0 Å². The summed E-state index contributed by atoms with van der Waals surface area (Å²) in [6.07, 6.45) is 3.59. The van der Waals surface area contributed by atoms with Gasteiger partial charge in [0.05, 0.1) is 6.04 Å². The van der Waals surface area contributed by atoms with Crippen LogP contribution in [0.1, 0.15) is 34.9 Å². The summed E-state index contributed by atoms with van der Waals surface area (Å²) in [7, 11) is 0. The molecule has 1 atom stereocenters. The fraction of sp³-hybridized carbons (Fsp3) is 0.222. The topological polar surface area (TPSA) is 39.2 Å². The third kappa shape index (κ3) is 2.25. The Balaban J connectivity index is 1.73. The van der Waals surface area contributed by atoms with Crippen molar-refractivity contribution >= 4 is 22.6 Å². The maximum atomic E-state index is 6.39. The van der Waals surface area contributed by atoms with E-state index in [0.717, 1.165) is 28.7 Å². The minimum Gasteiger partial charge on any atom is -0.459 e. The molecule has 2 aromatic carbocycles. The Kier molecular flexibility index (Phi) is 3.02. The molecular weight excluding hydrogens is 282 g/mol. The predicted molar refractivity (Wildman–Crippen MR) is 85.7 cm³/mol. The van der Waals surface area contributed by atoms with Crippen molar-refractivity contribution in [1.82, 2.24) is 0 Å². The van der Waals surface area contributed by atoms with Crippen LogP contribution in [0.4, 0.5) is 0 Å². The van der Waals surface area contributed by atoms with Gasteiger partial charge in [-0.05, 0) is 60.2 Å². The second-order valence-corrected chi connectivity index (χ2v) is 6.13. The second-order valence-electron chi connectivity index (χ2n) is 5.69. The summed E-state index contributed by atoms with van der Waals surface area (Å²) in [4.78, 5) is 0. The molecule has 0 saturated heterocycles. The molecule has 0 amide bonds. The molecule has 1 aliphatic carbocycles. The van der Waals surface area contributed by atoms with Crippen LogP contribution in [-0.4, -0.2) is 0 Å². The van der Waals surface area contributed by atoms with E-state index in [2.05, 4.69) is 18.2 Å². The molecule has 3 aromatic rings. The lowest BCUT2D eigenvalue weighted by atomic mass is 10.00. The molecule has 0 aliphatic heterocycles. The molecular formula is C18H16ClNO. The van der Waals surface area contributed by atoms with E-state index in [1.807, 2.05) is 24.3 Å². The molecule has 0 saturated carbocycles. The van der Waals surface area contributed by atoms with Gasteiger partial charge in [-0.1, -0.05) is 29.8 Å². The average Bonchev–Trinajstić information content (AvgIpc) is 3.11. The number of hydrogen-bond donors (Lipinski definition) is 1. The molecule has 0 radical (unpaired) electrons. The van der Waals surface area contributed by atoms with E-state index in [9.17, 15) is 0 Å². The molecule has 106 valence electrons. The minimum atomic E-state index is -0.234. The molecule has 0 fully saturated rings. The Morgan fingerprint density at radius 2 is 1.86 bits per heavy atom. The van der Waals surface area contributed by atoms with Crippen LogP contribution in [0.2, 0.25) is 5.02 Å². The maximum absolute atomic E-state index is 6.39. The zero-order valence-corrected chi connectivity index (χ0v) is 12.4. The Morgan fingerprint density at radius 1 is 1.00 bits per heavy atom. The fourth-order valence-corrected chi connectivity index (χ4v) is 3.32. The highest BCUT2D eigenvalue weighted by Crippen LogP contribution is 2.31. The molecule has 21 heavy (non-hydrogen) atoms. The molecule has 0 bridgehead atoms. The first kappa shape index (κ1) is 12.9. The standard InChI is InChI=1S/C18H16ClNO/c19-15-6-7-16-14(9-15)10-17(21-16)18(20)13-5-4-11-2-1-3-12(11)8-13/h4-10,18H,1-3,20H2. The van der Waals surface area contributed by atoms with Gasteiger partial charge in [0.15, 0.2) is 0 Å². The summed E-state index contributed by atoms with van der Waals surface area (Å²) in [6.45, 7) is 0. The van der Waals surface area contributed by atoms with Crippen molar-refractivity contribution in [1.29, 1.82) is 0 Å². The van der Waals surface area contributed by atoms with Gasteiger partial charge in [-0.3, -0.25) is 0 Å². The van der Waals surface area contributed by atoms with E-state index in [4.69, 9.17) is 21.8 Å². The van der Waals surface area contributed by atoms with Gasteiger partial charge in [-0.2, -0.15) is 0 Å². The average molecular weight is 298 g/mol. The number of benzene rings is 2. The number of aryl methyl sites for hydroxylation is 2. The number of furan rings is 1. The zero-order chi connectivity index (χ0) is 14.4. The van der Waals surface area contributed by atoms with Crippen LogP contribution in [-0.2, 0) is 12.8 Å². The van der Waals surface area contributed by atoms with Gasteiger partial charge in [0.2, 0.25) is 0 Å². The van der Waals surface area contributed by atoms with Crippen molar-refractivity contribution in [2.24, 2.45) is 5.73 Å². The molecule has 3 heteroatoms. The maximum Gasteiger partial charge on any atom is 0.134 e. The van der Waals surface area contributed by atoms with E-state index in [1.54, 1.807) is 0 Å². The van der Waals surface area contributed by atoms with E-state index in [1.165, 1.54) is 24.0 Å². The first-order valence-electron chi connectivity index (χ1n) is 7.27. The third-order valence-electron chi connectivity index (χ3n) is 4.29. The van der Waals surface area contributed by atoms with Gasteiger partial charge < -0.3 is 10.2 Å². The van der Waals surface area contributed by atoms with Crippen molar-refractivity contribution in [3.05, 3.63) is 69.9 Å². The molecule has 1 heterocycles. The van der Waals surface area contributed by atoms with E-state index >= 15 is 0 Å². The predicted octanol–water partition coefficient (Wildman–Crippen LogP) is 4.62. The largest absolute Gasteiger partial charge is 0.459 e. The van der Waals surface area contributed by atoms with Crippen molar-refractivity contribution in [2.75, 3.05) is 0 Å². The highest BCUT2D eigenvalue weighted by Gasteiger charge is 2.17. The monoisotopic (exact) mass is 297 g/mol. The summed E-state index contributed by atoms with van der Waals surface area (Å²) in [5.74, 6) is 0.783. The Bertz CT molecular complexity index is 821. The molecule has 2 nitrogen and oxygen atoms in total. The van der Waals surface area contributed by atoms with Crippen molar-refractivity contribution in [2.45, 2.75) is 25.3 Å². The summed E-state index contributed by atoms with van der Waals surface area (Å²) >= 11 is 6.02. The Morgan fingerprint density at radius 3 is 2.76 bits per heavy atom. The van der Waals surface area contributed by atoms with Crippen LogP contribution in [0.3, 0.4) is 0 Å². The van der Waals surface area contributed by atoms with E-state index in [-0.39, 0.29) is 6.04 Å². The van der Waals surface area contributed by atoms with Gasteiger partial charge in [0.25, 0.3) is 0 Å². The summed E-state index contributed by atoms with van der Waals surface area (Å²) in [6, 6.07) is 13.9. The van der Waals surface area contributed by atoms with Crippen LogP contribution < -0.4 is 5.73 Å². The summed E-state index contributed by atoms with van der Waals surface area (Å²) in [5.41, 5.74) is 11.2. The third-order valence-corrected chi connectivity index (χ3v) is 4.52. The highest BCUT2D eigenvalue weighted by atomic mass is 35.5. The number of fused-ring (bicyclic) bond motifs is 2. The van der Waals surface area contributed by atoms with Gasteiger partial charge in [-0.15, -0.1) is 0 Å². The Hall–Kier alpha value is -1.77. The molecule has 2 N–H and O–H groups in total. The lowest BCUT2D eigenvalue weighted by Crippen LogP contribution is -2.11. The first-order valence-corrected chi connectivity index (χ1v) is 7.65. The van der Waals surface area contributed by atoms with Crippen LogP contribution in [0.15, 0.2) is 46.9 Å².